The van der Waals surface area contributed by atoms with E-state index in [1.165, 1.54) is 0 Å². The highest BCUT2D eigenvalue weighted by atomic mass is 16.5. The van der Waals surface area contributed by atoms with Crippen molar-refractivity contribution in [2.45, 2.75) is 5.60 Å². The molecule has 2 aromatic heterocycles. The standard InChI is InChI=1S/C23H17N3O2/c27-23(21-14-24-15-25-21,17-9-5-2-6-10-17)18-11-12-20-19(13-18)22(28-26-20)16-7-3-1-4-8-16/h1-15,27H,(H,24,25). The zero-order valence-corrected chi connectivity index (χ0v) is 14.9. The van der Waals surface area contributed by atoms with Crippen LogP contribution in [0.1, 0.15) is 16.8 Å². The summed E-state index contributed by atoms with van der Waals surface area (Å²) in [6, 6.07) is 25.0. The first-order valence-electron chi connectivity index (χ1n) is 8.99. The molecule has 0 amide bonds. The maximum Gasteiger partial charge on any atom is 0.174 e. The van der Waals surface area contributed by atoms with Crippen molar-refractivity contribution in [1.82, 2.24) is 15.1 Å². The van der Waals surface area contributed by atoms with Gasteiger partial charge in [0.15, 0.2) is 11.4 Å². The van der Waals surface area contributed by atoms with Gasteiger partial charge in [-0.1, -0.05) is 71.9 Å². The van der Waals surface area contributed by atoms with E-state index in [0.717, 1.165) is 22.0 Å². The molecule has 5 rings (SSSR count). The molecule has 1 unspecified atom stereocenters. The molecule has 0 aliphatic heterocycles. The van der Waals surface area contributed by atoms with Crippen LogP contribution in [-0.4, -0.2) is 20.2 Å². The van der Waals surface area contributed by atoms with Gasteiger partial charge in [0.05, 0.1) is 23.6 Å². The Morgan fingerprint density at radius 1 is 0.857 bits per heavy atom. The molecule has 5 heteroatoms. The van der Waals surface area contributed by atoms with E-state index in [4.69, 9.17) is 4.52 Å². The quantitative estimate of drug-likeness (QED) is 0.490. The Bertz CT molecular complexity index is 1210. The Balaban J connectivity index is 1.74. The largest absolute Gasteiger partial charge is 0.374 e. The average molecular weight is 367 g/mol. The summed E-state index contributed by atoms with van der Waals surface area (Å²) in [5.74, 6) is 0.678. The van der Waals surface area contributed by atoms with Crippen molar-refractivity contribution in [2.75, 3.05) is 0 Å². The van der Waals surface area contributed by atoms with Gasteiger partial charge in [0, 0.05) is 5.56 Å². The van der Waals surface area contributed by atoms with Gasteiger partial charge in [-0.2, -0.15) is 0 Å². The van der Waals surface area contributed by atoms with Gasteiger partial charge in [0.25, 0.3) is 0 Å². The third-order valence-electron chi connectivity index (χ3n) is 5.01. The monoisotopic (exact) mass is 367 g/mol. The molecule has 3 aromatic carbocycles. The Kier molecular flexibility index (Phi) is 3.81. The predicted octanol–water partition coefficient (Wildman–Crippen LogP) is 4.50. The molecule has 0 fully saturated rings. The van der Waals surface area contributed by atoms with Crippen molar-refractivity contribution in [3.63, 3.8) is 0 Å². The fraction of sp³-hybridized carbons (Fsp3) is 0.0435. The summed E-state index contributed by atoms with van der Waals surface area (Å²) in [4.78, 5) is 7.17. The summed E-state index contributed by atoms with van der Waals surface area (Å²) >= 11 is 0. The molecule has 1 atom stereocenters. The van der Waals surface area contributed by atoms with Gasteiger partial charge < -0.3 is 14.6 Å². The lowest BCUT2D eigenvalue weighted by atomic mass is 9.83. The fourth-order valence-corrected chi connectivity index (χ4v) is 3.58. The number of H-pyrrole nitrogens is 1. The minimum atomic E-state index is -1.38. The Hall–Kier alpha value is -3.70. The van der Waals surface area contributed by atoms with Crippen LogP contribution >= 0.6 is 0 Å². The second kappa shape index (κ2) is 6.48. The highest BCUT2D eigenvalue weighted by Gasteiger charge is 2.35. The van der Waals surface area contributed by atoms with Crippen molar-refractivity contribution < 1.29 is 9.63 Å². The molecule has 5 aromatic rings. The first-order chi connectivity index (χ1) is 13.8. The Labute approximate surface area is 161 Å². The number of rotatable bonds is 4. The number of aromatic nitrogens is 3. The number of aromatic amines is 1. The molecule has 5 nitrogen and oxygen atoms in total. The molecule has 2 N–H and O–H groups in total. The number of hydrogen-bond acceptors (Lipinski definition) is 4. The number of aliphatic hydroxyl groups is 1. The first-order valence-corrected chi connectivity index (χ1v) is 8.99. The SMILES string of the molecule is OC(c1ccccc1)(c1ccc2noc(-c3ccccc3)c2c1)c1cnc[nH]1. The third-order valence-corrected chi connectivity index (χ3v) is 5.01. The van der Waals surface area contributed by atoms with Crippen LogP contribution in [-0.2, 0) is 5.60 Å². The van der Waals surface area contributed by atoms with Crippen molar-refractivity contribution in [3.05, 3.63) is 108 Å². The van der Waals surface area contributed by atoms with Gasteiger partial charge in [-0.3, -0.25) is 0 Å². The molecule has 2 heterocycles. The summed E-state index contributed by atoms with van der Waals surface area (Å²) in [6.45, 7) is 0. The second-order valence-corrected chi connectivity index (χ2v) is 6.65. The van der Waals surface area contributed by atoms with Gasteiger partial charge in [0.1, 0.15) is 5.52 Å². The maximum atomic E-state index is 11.9. The number of imidazole rings is 1. The smallest absolute Gasteiger partial charge is 0.174 e. The molecule has 28 heavy (non-hydrogen) atoms. The molecule has 0 spiro atoms. The van der Waals surface area contributed by atoms with Crippen molar-refractivity contribution in [1.29, 1.82) is 0 Å². The summed E-state index contributed by atoms with van der Waals surface area (Å²) in [6.07, 6.45) is 3.21. The molecule has 0 saturated heterocycles. The number of nitrogens with one attached hydrogen (secondary N) is 1. The molecule has 0 radical (unpaired) electrons. The molecular weight excluding hydrogens is 350 g/mol. The van der Waals surface area contributed by atoms with E-state index in [1.807, 2.05) is 78.9 Å². The van der Waals surface area contributed by atoms with Crippen LogP contribution in [0.2, 0.25) is 0 Å². The molecule has 136 valence electrons. The number of benzene rings is 3. The van der Waals surface area contributed by atoms with Crippen LogP contribution in [0, 0.1) is 0 Å². The Morgan fingerprint density at radius 2 is 1.61 bits per heavy atom. The second-order valence-electron chi connectivity index (χ2n) is 6.65. The van der Waals surface area contributed by atoms with E-state index in [9.17, 15) is 5.11 Å². The van der Waals surface area contributed by atoms with E-state index in [0.29, 0.717) is 17.0 Å². The van der Waals surface area contributed by atoms with Crippen LogP contribution < -0.4 is 0 Å². The van der Waals surface area contributed by atoms with Gasteiger partial charge in [-0.25, -0.2) is 4.98 Å². The van der Waals surface area contributed by atoms with Gasteiger partial charge >= 0.3 is 0 Å². The normalized spacial score (nSPS) is 13.5. The number of hydrogen-bond donors (Lipinski definition) is 2. The fourth-order valence-electron chi connectivity index (χ4n) is 3.58. The van der Waals surface area contributed by atoms with E-state index in [2.05, 4.69) is 15.1 Å². The highest BCUT2D eigenvalue weighted by molar-refractivity contribution is 5.92. The molecule has 0 aliphatic rings. The van der Waals surface area contributed by atoms with E-state index in [-0.39, 0.29) is 0 Å². The van der Waals surface area contributed by atoms with E-state index >= 15 is 0 Å². The molecule has 0 bridgehead atoms. The van der Waals surface area contributed by atoms with Crippen molar-refractivity contribution in [3.8, 4) is 11.3 Å². The Morgan fingerprint density at radius 3 is 2.32 bits per heavy atom. The van der Waals surface area contributed by atoms with Gasteiger partial charge in [-0.15, -0.1) is 0 Å². The summed E-state index contributed by atoms with van der Waals surface area (Å²) in [7, 11) is 0. The predicted molar refractivity (Wildman–Crippen MR) is 107 cm³/mol. The summed E-state index contributed by atoms with van der Waals surface area (Å²) in [5.41, 5.74) is 2.34. The van der Waals surface area contributed by atoms with Crippen LogP contribution in [0.25, 0.3) is 22.2 Å². The maximum absolute atomic E-state index is 11.9. The highest BCUT2D eigenvalue weighted by Crippen LogP contribution is 2.38. The van der Waals surface area contributed by atoms with E-state index in [1.54, 1.807) is 12.5 Å². The molecule has 0 aliphatic carbocycles. The minimum Gasteiger partial charge on any atom is -0.374 e. The molecular formula is C23H17N3O2. The van der Waals surface area contributed by atoms with E-state index < -0.39 is 5.60 Å². The third kappa shape index (κ3) is 2.52. The zero-order valence-electron chi connectivity index (χ0n) is 14.9. The number of fused-ring (bicyclic) bond motifs is 1. The average Bonchev–Trinajstić information content (AvgIpc) is 3.44. The summed E-state index contributed by atoms with van der Waals surface area (Å²) < 4.78 is 5.61. The van der Waals surface area contributed by atoms with Crippen LogP contribution in [0.3, 0.4) is 0 Å². The van der Waals surface area contributed by atoms with Gasteiger partial charge in [0.2, 0.25) is 0 Å². The van der Waals surface area contributed by atoms with Crippen LogP contribution in [0.5, 0.6) is 0 Å². The number of nitrogens with zero attached hydrogens (tertiary/aromatic N) is 2. The zero-order chi connectivity index (χ0) is 19.0. The summed E-state index contributed by atoms with van der Waals surface area (Å²) in [5, 5.41) is 16.9. The van der Waals surface area contributed by atoms with Crippen molar-refractivity contribution in [2.24, 2.45) is 0 Å². The first kappa shape index (κ1) is 16.5. The van der Waals surface area contributed by atoms with Crippen LogP contribution in [0.15, 0.2) is 95.9 Å². The van der Waals surface area contributed by atoms with Crippen LogP contribution in [0.4, 0.5) is 0 Å². The van der Waals surface area contributed by atoms with Gasteiger partial charge in [-0.05, 0) is 23.3 Å². The molecule has 0 saturated carbocycles. The van der Waals surface area contributed by atoms with Crippen molar-refractivity contribution >= 4 is 10.9 Å². The minimum absolute atomic E-state index is 0.593. The lowest BCUT2D eigenvalue weighted by Gasteiger charge is -2.28. The lowest BCUT2D eigenvalue weighted by Crippen LogP contribution is -2.29. The lowest BCUT2D eigenvalue weighted by molar-refractivity contribution is 0.121. The topological polar surface area (TPSA) is 74.9 Å².